The second-order valence-corrected chi connectivity index (χ2v) is 8.16. The molecule has 0 unspecified atom stereocenters. The van der Waals surface area contributed by atoms with Gasteiger partial charge in [0.05, 0.1) is 11.1 Å². The van der Waals surface area contributed by atoms with Crippen LogP contribution < -0.4 is 20.7 Å². The zero-order valence-electron chi connectivity index (χ0n) is 17.8. The number of nitrogens with one attached hydrogen (secondary N) is 3. The molecule has 0 aromatic heterocycles. The maximum atomic E-state index is 12.5. The number of rotatable bonds is 10. The van der Waals surface area contributed by atoms with Gasteiger partial charge in [0, 0.05) is 23.4 Å². The minimum absolute atomic E-state index is 0.135. The van der Waals surface area contributed by atoms with Crippen LogP contribution in [0.3, 0.4) is 0 Å². The minimum atomic E-state index is -0.327. The summed E-state index contributed by atoms with van der Waals surface area (Å²) in [5, 5.41) is 8.51. The summed E-state index contributed by atoms with van der Waals surface area (Å²) in [6.07, 6.45) is 4.54. The fourth-order valence-corrected chi connectivity index (χ4v) is 3.48. The Morgan fingerprint density at radius 2 is 1.68 bits per heavy atom. The summed E-state index contributed by atoms with van der Waals surface area (Å²) in [6.45, 7) is 5.25. The molecule has 2 aromatic carbocycles. The summed E-state index contributed by atoms with van der Waals surface area (Å²) in [7, 11) is 0. The number of carbonyl (C=O) groups is 2. The van der Waals surface area contributed by atoms with E-state index in [1.54, 1.807) is 42.5 Å². The predicted molar refractivity (Wildman–Crippen MR) is 132 cm³/mol. The molecule has 0 atom stereocenters. The van der Waals surface area contributed by atoms with E-state index in [0.29, 0.717) is 35.7 Å². The van der Waals surface area contributed by atoms with Crippen molar-refractivity contribution in [1.29, 1.82) is 0 Å². The maximum absolute atomic E-state index is 12.5. The Morgan fingerprint density at radius 3 is 2.32 bits per heavy atom. The number of hydrogen-bond donors (Lipinski definition) is 3. The quantitative estimate of drug-likeness (QED) is 0.302. The molecule has 166 valence electrons. The van der Waals surface area contributed by atoms with Crippen LogP contribution in [0.15, 0.2) is 46.9 Å². The fraction of sp³-hybridized carbons (Fsp3) is 0.348. The fourth-order valence-electron chi connectivity index (χ4n) is 2.78. The van der Waals surface area contributed by atoms with Gasteiger partial charge in [-0.1, -0.05) is 26.2 Å². The van der Waals surface area contributed by atoms with Gasteiger partial charge in [0.2, 0.25) is 0 Å². The Bertz CT molecular complexity index is 903. The van der Waals surface area contributed by atoms with E-state index in [1.807, 2.05) is 6.92 Å². The monoisotopic (exact) mass is 505 g/mol. The van der Waals surface area contributed by atoms with Crippen molar-refractivity contribution >= 4 is 50.8 Å². The lowest BCUT2D eigenvalue weighted by molar-refractivity contribution is 0.0953. The van der Waals surface area contributed by atoms with Gasteiger partial charge in [0.15, 0.2) is 5.11 Å². The Morgan fingerprint density at radius 1 is 0.968 bits per heavy atom. The summed E-state index contributed by atoms with van der Waals surface area (Å²) in [5.41, 5.74) is 1.69. The van der Waals surface area contributed by atoms with Crippen molar-refractivity contribution in [3.63, 3.8) is 0 Å². The Hall–Kier alpha value is -2.45. The molecule has 0 saturated heterocycles. The van der Waals surface area contributed by atoms with E-state index in [2.05, 4.69) is 38.8 Å². The van der Waals surface area contributed by atoms with Gasteiger partial charge < -0.3 is 15.4 Å². The first-order chi connectivity index (χ1) is 14.9. The van der Waals surface area contributed by atoms with Crippen LogP contribution in [0.2, 0.25) is 0 Å². The van der Waals surface area contributed by atoms with Crippen LogP contribution in [0, 0.1) is 0 Å². The van der Waals surface area contributed by atoms with Crippen molar-refractivity contribution in [3.05, 3.63) is 58.1 Å². The summed E-state index contributed by atoms with van der Waals surface area (Å²) in [6, 6.07) is 12.0. The number of unbranched alkanes of at least 4 members (excludes halogenated alkanes) is 3. The van der Waals surface area contributed by atoms with E-state index in [9.17, 15) is 9.59 Å². The molecule has 0 aliphatic heterocycles. The normalized spacial score (nSPS) is 10.3. The largest absolute Gasteiger partial charge is 0.492 e. The van der Waals surface area contributed by atoms with Crippen LogP contribution >= 0.6 is 28.1 Å². The van der Waals surface area contributed by atoms with Crippen molar-refractivity contribution < 1.29 is 14.3 Å². The van der Waals surface area contributed by atoms with Crippen molar-refractivity contribution in [2.75, 3.05) is 18.5 Å². The van der Waals surface area contributed by atoms with Crippen molar-refractivity contribution in [1.82, 2.24) is 10.6 Å². The van der Waals surface area contributed by atoms with Gasteiger partial charge in [-0.2, -0.15) is 0 Å². The van der Waals surface area contributed by atoms with Crippen LogP contribution in [-0.2, 0) is 0 Å². The number of thiocarbonyl (C=S) groups is 1. The highest BCUT2D eigenvalue weighted by Gasteiger charge is 2.11. The maximum Gasteiger partial charge on any atom is 0.257 e. The molecule has 2 amide bonds. The number of hydrogen-bond acceptors (Lipinski definition) is 4. The molecule has 0 aliphatic rings. The summed E-state index contributed by atoms with van der Waals surface area (Å²) in [5.74, 6) is 0.247. The zero-order chi connectivity index (χ0) is 22.6. The first-order valence-corrected chi connectivity index (χ1v) is 11.6. The van der Waals surface area contributed by atoms with E-state index < -0.39 is 0 Å². The molecule has 8 heteroatoms. The molecule has 0 aliphatic carbocycles. The molecule has 3 N–H and O–H groups in total. The van der Waals surface area contributed by atoms with Crippen LogP contribution in [0.4, 0.5) is 5.69 Å². The predicted octanol–water partition coefficient (Wildman–Crippen LogP) is 5.28. The molecule has 2 rings (SSSR count). The molecule has 0 spiro atoms. The van der Waals surface area contributed by atoms with E-state index in [-0.39, 0.29) is 16.9 Å². The van der Waals surface area contributed by atoms with E-state index >= 15 is 0 Å². The number of halogens is 1. The number of benzene rings is 2. The molecule has 2 aromatic rings. The van der Waals surface area contributed by atoms with Gasteiger partial charge in [-0.15, -0.1) is 0 Å². The lowest BCUT2D eigenvalue weighted by Crippen LogP contribution is -2.34. The van der Waals surface area contributed by atoms with Gasteiger partial charge in [-0.25, -0.2) is 0 Å². The molecule has 31 heavy (non-hydrogen) atoms. The number of amides is 2. The molecule has 0 fully saturated rings. The van der Waals surface area contributed by atoms with Crippen LogP contribution in [0.1, 0.15) is 60.2 Å². The average molecular weight is 506 g/mol. The average Bonchev–Trinajstić information content (AvgIpc) is 2.75. The highest BCUT2D eigenvalue weighted by Crippen LogP contribution is 2.26. The zero-order valence-corrected chi connectivity index (χ0v) is 20.2. The van der Waals surface area contributed by atoms with Crippen LogP contribution in [-0.4, -0.2) is 30.1 Å². The van der Waals surface area contributed by atoms with Gasteiger partial charge in [0.25, 0.3) is 11.8 Å². The molecule has 0 heterocycles. The topological polar surface area (TPSA) is 79.5 Å². The Kier molecular flexibility index (Phi) is 10.5. The third-order valence-corrected chi connectivity index (χ3v) is 5.24. The first kappa shape index (κ1) is 24.8. The third-order valence-electron chi connectivity index (χ3n) is 4.42. The molecule has 0 saturated carbocycles. The second kappa shape index (κ2) is 13.1. The number of carbonyl (C=O) groups excluding carboxylic acids is 2. The lowest BCUT2D eigenvalue weighted by atomic mass is 10.2. The highest BCUT2D eigenvalue weighted by molar-refractivity contribution is 9.10. The van der Waals surface area contributed by atoms with Crippen molar-refractivity contribution in [3.8, 4) is 5.75 Å². The van der Waals surface area contributed by atoms with Crippen molar-refractivity contribution in [2.24, 2.45) is 0 Å². The third kappa shape index (κ3) is 8.30. The standard InChI is InChI=1S/C23H28BrN3O3S/c1-3-5-6-7-14-30-20-13-10-17(15-19(20)24)22(29)27-23(31)26-18-11-8-16(9-12-18)21(28)25-4-2/h8-13,15H,3-7,14H2,1-2H3,(H,25,28)(H2,26,27,29,31). The minimum Gasteiger partial charge on any atom is -0.492 e. The smallest absolute Gasteiger partial charge is 0.257 e. The van der Waals surface area contributed by atoms with Gasteiger partial charge >= 0.3 is 0 Å². The summed E-state index contributed by atoms with van der Waals surface area (Å²) in [4.78, 5) is 24.3. The molecule has 0 radical (unpaired) electrons. The Labute approximate surface area is 197 Å². The van der Waals surface area contributed by atoms with Gasteiger partial charge in [-0.05, 0) is 84.0 Å². The SMILES string of the molecule is CCCCCCOc1ccc(C(=O)NC(=S)Nc2ccc(C(=O)NCC)cc2)cc1Br. The summed E-state index contributed by atoms with van der Waals surface area (Å²) < 4.78 is 6.49. The second-order valence-electron chi connectivity index (χ2n) is 6.90. The highest BCUT2D eigenvalue weighted by atomic mass is 79.9. The summed E-state index contributed by atoms with van der Waals surface area (Å²) >= 11 is 8.69. The van der Waals surface area contributed by atoms with E-state index in [4.69, 9.17) is 17.0 Å². The van der Waals surface area contributed by atoms with Crippen LogP contribution in [0.5, 0.6) is 5.75 Å². The lowest BCUT2D eigenvalue weighted by Gasteiger charge is -2.12. The van der Waals surface area contributed by atoms with Gasteiger partial charge in [-0.3, -0.25) is 14.9 Å². The van der Waals surface area contributed by atoms with Crippen molar-refractivity contribution in [2.45, 2.75) is 39.5 Å². The van der Waals surface area contributed by atoms with Gasteiger partial charge in [0.1, 0.15) is 5.75 Å². The molecule has 0 bridgehead atoms. The molecular weight excluding hydrogens is 478 g/mol. The number of anilines is 1. The Balaban J connectivity index is 1.87. The first-order valence-electron chi connectivity index (χ1n) is 10.4. The number of ether oxygens (including phenoxy) is 1. The van der Waals surface area contributed by atoms with E-state index in [1.165, 1.54) is 12.8 Å². The van der Waals surface area contributed by atoms with Crippen LogP contribution in [0.25, 0.3) is 0 Å². The van der Waals surface area contributed by atoms with E-state index in [0.717, 1.165) is 17.3 Å². The molecular formula is C23H28BrN3O3S. The molecule has 6 nitrogen and oxygen atoms in total.